The van der Waals surface area contributed by atoms with Crippen LogP contribution in [0.5, 0.6) is 0 Å². The number of ether oxygens (including phenoxy) is 2. The monoisotopic (exact) mass is 473 g/mol. The van der Waals surface area contributed by atoms with Crippen LogP contribution in [0.15, 0.2) is 12.2 Å². The molecule has 7 atom stereocenters. The Morgan fingerprint density at radius 2 is 1.38 bits per heavy atom. The number of rotatable bonds is 4. The van der Waals surface area contributed by atoms with Crippen molar-refractivity contribution in [1.29, 1.82) is 5.26 Å². The van der Waals surface area contributed by atoms with E-state index in [1.807, 2.05) is 0 Å². The molecule has 3 aliphatic rings. The number of hydrogen-bond donors (Lipinski definition) is 0. The molecule has 0 aromatic carbocycles. The second-order valence-electron chi connectivity index (χ2n) is 11.4. The maximum absolute atomic E-state index is 13.4. The molecule has 7 heteroatoms. The van der Waals surface area contributed by atoms with Crippen LogP contribution in [-0.2, 0) is 9.47 Å². The first-order valence-electron chi connectivity index (χ1n) is 13.2. The van der Waals surface area contributed by atoms with E-state index in [1.165, 1.54) is 5.01 Å². The molecule has 1 aliphatic heterocycles. The molecule has 7 nitrogen and oxygen atoms in total. The summed E-state index contributed by atoms with van der Waals surface area (Å²) in [5.41, 5.74) is 0. The molecule has 0 aromatic rings. The average molecular weight is 474 g/mol. The third-order valence-electron chi connectivity index (χ3n) is 8.08. The highest BCUT2D eigenvalue weighted by molar-refractivity contribution is 5.76. The molecule has 0 unspecified atom stereocenters. The highest BCUT2D eigenvalue weighted by atomic mass is 16.6. The summed E-state index contributed by atoms with van der Waals surface area (Å²) in [5.74, 6) is 2.33. The second kappa shape index (κ2) is 11.5. The van der Waals surface area contributed by atoms with Crippen LogP contribution in [0.4, 0.5) is 9.59 Å². The molecule has 0 spiro atoms. The topological polar surface area (TPSA) is 82.9 Å². The Labute approximate surface area is 205 Å². The highest BCUT2D eigenvalue weighted by Gasteiger charge is 2.41. The molecule has 2 aliphatic carbocycles. The van der Waals surface area contributed by atoms with Gasteiger partial charge in [-0.15, -0.1) is 0 Å². The van der Waals surface area contributed by atoms with E-state index in [9.17, 15) is 14.9 Å². The van der Waals surface area contributed by atoms with E-state index in [-0.39, 0.29) is 24.7 Å². The lowest BCUT2D eigenvalue weighted by Crippen LogP contribution is -2.57. The summed E-state index contributed by atoms with van der Waals surface area (Å²) >= 11 is 0. The van der Waals surface area contributed by atoms with E-state index in [0.717, 1.165) is 43.5 Å². The van der Waals surface area contributed by atoms with Gasteiger partial charge in [0.05, 0.1) is 12.6 Å². The Kier molecular flexibility index (Phi) is 8.89. The van der Waals surface area contributed by atoms with E-state index in [0.29, 0.717) is 29.6 Å². The normalized spacial score (nSPS) is 34.1. The molecule has 2 saturated carbocycles. The lowest BCUT2D eigenvalue weighted by molar-refractivity contribution is -0.0757. The molecular formula is C27H43N3O4. The predicted octanol–water partition coefficient (Wildman–Crippen LogP) is 6.16. The summed E-state index contributed by atoms with van der Waals surface area (Å²) < 4.78 is 12.0. The standard InChI is InChI=1S/C27H43N3O4/c1-17(2)22-11-9-19(5)14-24(22)33-26(31)29-13-7-8-21(16-28)30(29)27(32)34-25-15-20(6)10-12-23(25)18(3)4/h7-8,17-25H,9-15H2,1-6H3/t19-,20-,21-,22+,23+,24-,25-/m1/s1. The number of amides is 2. The first-order chi connectivity index (χ1) is 16.1. The number of carbonyl (C=O) groups excluding carboxylic acids is 2. The van der Waals surface area contributed by atoms with E-state index in [1.54, 1.807) is 12.2 Å². The molecule has 0 saturated heterocycles. The zero-order valence-corrected chi connectivity index (χ0v) is 21.8. The van der Waals surface area contributed by atoms with Gasteiger partial charge in [-0.3, -0.25) is 0 Å². The second-order valence-corrected chi connectivity index (χ2v) is 11.4. The summed E-state index contributed by atoms with van der Waals surface area (Å²) in [5, 5.41) is 12.2. The van der Waals surface area contributed by atoms with Crippen LogP contribution >= 0.6 is 0 Å². The maximum atomic E-state index is 13.4. The third-order valence-corrected chi connectivity index (χ3v) is 8.08. The van der Waals surface area contributed by atoms with Crippen molar-refractivity contribution in [1.82, 2.24) is 10.0 Å². The van der Waals surface area contributed by atoms with E-state index in [4.69, 9.17) is 9.47 Å². The fourth-order valence-corrected chi connectivity index (χ4v) is 5.96. The predicted molar refractivity (Wildman–Crippen MR) is 130 cm³/mol. The van der Waals surface area contributed by atoms with Crippen molar-refractivity contribution in [3.63, 3.8) is 0 Å². The van der Waals surface area contributed by atoms with Gasteiger partial charge in [0.1, 0.15) is 12.2 Å². The van der Waals surface area contributed by atoms with Crippen LogP contribution < -0.4 is 0 Å². The van der Waals surface area contributed by atoms with Gasteiger partial charge in [-0.05, 0) is 67.3 Å². The van der Waals surface area contributed by atoms with Crippen LogP contribution in [0.1, 0.15) is 80.1 Å². The number of nitriles is 1. The summed E-state index contributed by atoms with van der Waals surface area (Å²) in [6, 6.07) is 1.22. The van der Waals surface area contributed by atoms with Gasteiger partial charge in [-0.1, -0.05) is 60.5 Å². The van der Waals surface area contributed by atoms with Gasteiger partial charge < -0.3 is 9.47 Å². The van der Waals surface area contributed by atoms with Gasteiger partial charge in [0.25, 0.3) is 0 Å². The van der Waals surface area contributed by atoms with Crippen molar-refractivity contribution in [2.75, 3.05) is 6.54 Å². The molecule has 0 N–H and O–H groups in total. The smallest absolute Gasteiger partial charge is 0.430 e. The SMILES string of the molecule is CC(C)[C@@H]1CC[C@@H](C)C[C@H]1OC(=O)N1CC=C[C@H](C#N)N1C(=O)O[C@@H]1C[C@H](C)CC[C@H]1C(C)C. The van der Waals surface area contributed by atoms with E-state index < -0.39 is 18.2 Å². The Hall–Kier alpha value is -2.23. The van der Waals surface area contributed by atoms with Crippen molar-refractivity contribution < 1.29 is 19.1 Å². The number of nitrogens with zero attached hydrogens (tertiary/aromatic N) is 3. The van der Waals surface area contributed by atoms with E-state index in [2.05, 4.69) is 47.6 Å². The summed E-state index contributed by atoms with van der Waals surface area (Å²) in [6.45, 7) is 13.2. The van der Waals surface area contributed by atoms with Gasteiger partial charge in [0.15, 0.2) is 6.04 Å². The molecule has 0 aromatic heterocycles. The van der Waals surface area contributed by atoms with Crippen LogP contribution in [0.3, 0.4) is 0 Å². The fraction of sp³-hybridized carbons (Fsp3) is 0.815. The number of hydrogen-bond acceptors (Lipinski definition) is 5. The maximum Gasteiger partial charge on any atom is 0.430 e. The van der Waals surface area contributed by atoms with Gasteiger partial charge in [-0.2, -0.15) is 10.3 Å². The van der Waals surface area contributed by atoms with Crippen LogP contribution in [0.25, 0.3) is 0 Å². The molecule has 0 radical (unpaired) electrons. The number of hydrazine groups is 1. The zero-order valence-electron chi connectivity index (χ0n) is 21.8. The van der Waals surface area contributed by atoms with Crippen molar-refractivity contribution in [3.8, 4) is 6.07 Å². The summed E-state index contributed by atoms with van der Waals surface area (Å²) in [6.07, 6.45) is 7.68. The van der Waals surface area contributed by atoms with Crippen LogP contribution in [0.2, 0.25) is 0 Å². The minimum atomic E-state index is -0.904. The van der Waals surface area contributed by atoms with E-state index >= 15 is 0 Å². The third kappa shape index (κ3) is 6.06. The van der Waals surface area contributed by atoms with Crippen LogP contribution in [-0.4, -0.2) is 47.0 Å². The summed E-state index contributed by atoms with van der Waals surface area (Å²) in [7, 11) is 0. The Balaban J connectivity index is 1.77. The molecule has 0 bridgehead atoms. The average Bonchev–Trinajstić information content (AvgIpc) is 2.78. The fourth-order valence-electron chi connectivity index (χ4n) is 5.96. The molecule has 34 heavy (non-hydrogen) atoms. The van der Waals surface area contributed by atoms with Crippen molar-refractivity contribution in [3.05, 3.63) is 12.2 Å². The highest BCUT2D eigenvalue weighted by Crippen LogP contribution is 2.37. The van der Waals surface area contributed by atoms with Crippen molar-refractivity contribution in [2.45, 2.75) is 98.3 Å². The lowest BCUT2D eigenvalue weighted by Gasteiger charge is -2.42. The van der Waals surface area contributed by atoms with Crippen LogP contribution in [0, 0.1) is 46.8 Å². The Bertz CT molecular complexity index is 789. The van der Waals surface area contributed by atoms with Gasteiger partial charge >= 0.3 is 12.2 Å². The molecule has 3 rings (SSSR count). The van der Waals surface area contributed by atoms with Gasteiger partial charge in [0.2, 0.25) is 0 Å². The summed E-state index contributed by atoms with van der Waals surface area (Å²) in [4.78, 5) is 26.8. The largest absolute Gasteiger partial charge is 0.445 e. The minimum Gasteiger partial charge on any atom is -0.445 e. The zero-order chi connectivity index (χ0) is 25.0. The molecular weight excluding hydrogens is 430 g/mol. The molecule has 2 fully saturated rings. The Morgan fingerprint density at radius 1 is 0.882 bits per heavy atom. The first-order valence-corrected chi connectivity index (χ1v) is 13.2. The Morgan fingerprint density at radius 3 is 1.85 bits per heavy atom. The van der Waals surface area contributed by atoms with Gasteiger partial charge in [-0.25, -0.2) is 14.6 Å². The first kappa shape index (κ1) is 26.4. The minimum absolute atomic E-state index is 0.176. The van der Waals surface area contributed by atoms with Crippen molar-refractivity contribution >= 4 is 12.2 Å². The molecule has 190 valence electrons. The van der Waals surface area contributed by atoms with Crippen molar-refractivity contribution in [2.24, 2.45) is 35.5 Å². The number of carbonyl (C=O) groups is 2. The lowest BCUT2D eigenvalue weighted by atomic mass is 9.75. The quantitative estimate of drug-likeness (QED) is 0.457. The van der Waals surface area contributed by atoms with Gasteiger partial charge in [0, 0.05) is 0 Å². The molecule has 1 heterocycles. The molecule has 2 amide bonds.